The molecule has 42 heavy (non-hydrogen) atoms. The minimum atomic E-state index is -0.758. The highest BCUT2D eigenvalue weighted by Crippen LogP contribution is 2.65. The second-order valence-electron chi connectivity index (χ2n) is 15.0. The van der Waals surface area contributed by atoms with Gasteiger partial charge in [0.2, 0.25) is 5.91 Å². The number of nitro groups is 1. The number of amides is 1. The van der Waals surface area contributed by atoms with E-state index >= 15 is 0 Å². The standard InChI is InChI=1S/C30H50BN5O6/c1-17(2)11-26(31-41-25-16-21-15-24(29(21,3)4)30(25,5)42-31)34-27(38)20(7-6-10-33-28(32)35-36(39)40)14-23(37)22-13-18-8-9-19(22)12-18/h17-22,24-26H,6-16H2,1-5H3,(H,34,38)(H3,32,33,35)/t18?,19?,20-,21+,22?,24+,25-,26+,30+/m1/s1. The Kier molecular flexibility index (Phi) is 8.96. The molecule has 1 heterocycles. The molecule has 0 spiro atoms. The predicted molar refractivity (Wildman–Crippen MR) is 159 cm³/mol. The number of nitrogens with one attached hydrogen (secondary N) is 2. The molecule has 6 aliphatic rings. The number of hydrogen-bond donors (Lipinski definition) is 3. The first kappa shape index (κ1) is 31.2. The third kappa shape index (κ3) is 6.21. The van der Waals surface area contributed by atoms with Crippen molar-refractivity contribution in [1.29, 1.82) is 0 Å². The van der Waals surface area contributed by atoms with Crippen molar-refractivity contribution in [3.8, 4) is 0 Å². The highest BCUT2D eigenvalue weighted by atomic mass is 16.7. The summed E-state index contributed by atoms with van der Waals surface area (Å²) in [6, 6.07) is 0. The van der Waals surface area contributed by atoms with Crippen molar-refractivity contribution in [1.82, 2.24) is 10.7 Å². The summed E-state index contributed by atoms with van der Waals surface area (Å²) in [4.78, 5) is 42.0. The highest BCUT2D eigenvalue weighted by molar-refractivity contribution is 6.47. The fraction of sp³-hybridized carbons (Fsp3) is 0.900. The van der Waals surface area contributed by atoms with Crippen molar-refractivity contribution >= 4 is 24.8 Å². The smallest absolute Gasteiger partial charge is 0.404 e. The van der Waals surface area contributed by atoms with E-state index in [1.54, 1.807) is 0 Å². The van der Waals surface area contributed by atoms with Crippen LogP contribution in [0, 0.1) is 57.0 Å². The lowest BCUT2D eigenvalue weighted by Crippen LogP contribution is -2.65. The number of carbonyl (C=O) groups is 2. The van der Waals surface area contributed by atoms with Crippen LogP contribution in [0.1, 0.15) is 98.8 Å². The Balaban J connectivity index is 1.26. The molecule has 3 unspecified atom stereocenters. The summed E-state index contributed by atoms with van der Waals surface area (Å²) in [6.45, 7) is 11.3. The molecule has 1 aliphatic heterocycles. The van der Waals surface area contributed by atoms with Gasteiger partial charge in [0.1, 0.15) is 5.78 Å². The van der Waals surface area contributed by atoms with Crippen molar-refractivity contribution in [2.45, 2.75) is 116 Å². The maximum atomic E-state index is 13.9. The molecule has 4 bridgehead atoms. The fourth-order valence-corrected chi connectivity index (χ4v) is 9.14. The van der Waals surface area contributed by atoms with Gasteiger partial charge in [-0.15, -0.1) is 0 Å². The molecule has 11 nitrogen and oxygen atoms in total. The summed E-state index contributed by atoms with van der Waals surface area (Å²) >= 11 is 0. The molecule has 4 N–H and O–H groups in total. The van der Waals surface area contributed by atoms with Crippen LogP contribution in [0.4, 0.5) is 0 Å². The molecule has 0 radical (unpaired) electrons. The maximum Gasteiger partial charge on any atom is 0.481 e. The van der Waals surface area contributed by atoms with Crippen LogP contribution in [0.3, 0.4) is 0 Å². The number of carbonyl (C=O) groups excluding carboxylic acids is 2. The quantitative estimate of drug-likeness (QED) is 0.0736. The van der Waals surface area contributed by atoms with Crippen molar-refractivity contribution < 1.29 is 23.9 Å². The number of nitrogens with two attached hydrogens (primary N) is 1. The number of hydrazine groups is 1. The van der Waals surface area contributed by atoms with Crippen molar-refractivity contribution in [3.63, 3.8) is 0 Å². The Hall–Kier alpha value is -2.21. The highest BCUT2D eigenvalue weighted by Gasteiger charge is 2.68. The average molecular weight is 588 g/mol. The summed E-state index contributed by atoms with van der Waals surface area (Å²) in [6.07, 6.45) is 8.40. The number of ketones is 1. The Bertz CT molecular complexity index is 1090. The van der Waals surface area contributed by atoms with Crippen molar-refractivity contribution in [3.05, 3.63) is 10.1 Å². The third-order valence-electron chi connectivity index (χ3n) is 11.5. The van der Waals surface area contributed by atoms with E-state index in [4.69, 9.17) is 15.0 Å². The first-order chi connectivity index (χ1) is 19.8. The number of nitrogens with zero attached hydrogens (tertiary/aromatic N) is 2. The van der Waals surface area contributed by atoms with Gasteiger partial charge in [0.05, 0.1) is 17.6 Å². The lowest BCUT2D eigenvalue weighted by atomic mass is 9.43. The fourth-order valence-electron chi connectivity index (χ4n) is 9.14. The normalized spacial score (nSPS) is 35.9. The molecule has 1 saturated heterocycles. The van der Waals surface area contributed by atoms with Gasteiger partial charge in [-0.1, -0.05) is 39.5 Å². The van der Waals surface area contributed by atoms with Gasteiger partial charge in [0.25, 0.3) is 5.96 Å². The molecule has 6 rings (SSSR count). The summed E-state index contributed by atoms with van der Waals surface area (Å²) in [5, 5.41) is 13.1. The number of rotatable bonds is 13. The van der Waals surface area contributed by atoms with Crippen LogP contribution in [-0.2, 0) is 18.9 Å². The van der Waals surface area contributed by atoms with Crippen LogP contribution in [0.5, 0.6) is 0 Å². The molecule has 5 aliphatic carbocycles. The van der Waals surface area contributed by atoms with E-state index in [9.17, 15) is 19.7 Å². The van der Waals surface area contributed by atoms with Crippen molar-refractivity contribution in [2.24, 2.45) is 57.6 Å². The van der Waals surface area contributed by atoms with Crippen LogP contribution in [-0.4, -0.2) is 54.0 Å². The molecule has 5 saturated carbocycles. The number of fused-ring (bicyclic) bond motifs is 2. The largest absolute Gasteiger partial charge is 0.481 e. The number of guanidine groups is 1. The van der Waals surface area contributed by atoms with Crippen LogP contribution < -0.4 is 16.5 Å². The number of hydrogen-bond acceptors (Lipinski definition) is 7. The molecule has 0 aromatic rings. The van der Waals surface area contributed by atoms with E-state index in [2.05, 4.69) is 44.9 Å². The van der Waals surface area contributed by atoms with Gasteiger partial charge in [-0.2, -0.15) is 0 Å². The lowest BCUT2D eigenvalue weighted by Gasteiger charge is -2.64. The maximum absolute atomic E-state index is 13.9. The Morgan fingerprint density at radius 1 is 1.17 bits per heavy atom. The van der Waals surface area contributed by atoms with Gasteiger partial charge in [-0.05, 0) is 93.3 Å². The van der Waals surface area contributed by atoms with Gasteiger partial charge in [-0.3, -0.25) is 9.59 Å². The zero-order valence-corrected chi connectivity index (χ0v) is 26.0. The van der Waals surface area contributed by atoms with E-state index in [1.165, 1.54) is 6.42 Å². The zero-order chi connectivity index (χ0) is 30.4. The monoisotopic (exact) mass is 587 g/mol. The number of Topliss-reactive ketones (excluding diaryl/α,β-unsaturated/α-hetero) is 1. The predicted octanol–water partition coefficient (Wildman–Crippen LogP) is 3.67. The molecule has 9 atom stereocenters. The number of aliphatic imine (C=N–C) groups is 1. The molecule has 234 valence electrons. The van der Waals surface area contributed by atoms with Gasteiger partial charge < -0.3 is 20.4 Å². The molecule has 0 aromatic heterocycles. The van der Waals surface area contributed by atoms with Crippen LogP contribution in [0.25, 0.3) is 0 Å². The molecule has 0 aromatic carbocycles. The SMILES string of the molecule is CC(C)C[C@H](NC(=O)[C@H](CCCN=C(N)N[N+](=O)[O-])CC(=O)C1CC2CCC1C2)B1O[C@@H]2C[C@@H]3C[C@@H](C3(C)C)[C@]2(C)O1. The second-order valence-corrected chi connectivity index (χ2v) is 15.0. The van der Waals surface area contributed by atoms with E-state index in [0.717, 1.165) is 32.1 Å². The van der Waals surface area contributed by atoms with Gasteiger partial charge in [0, 0.05) is 24.8 Å². The lowest BCUT2D eigenvalue weighted by molar-refractivity contribution is -0.525. The van der Waals surface area contributed by atoms with Gasteiger partial charge in [-0.25, -0.2) is 15.1 Å². The Morgan fingerprint density at radius 2 is 1.93 bits per heavy atom. The Labute approximate surface area is 250 Å². The average Bonchev–Trinajstić information content (AvgIpc) is 3.62. The van der Waals surface area contributed by atoms with Crippen molar-refractivity contribution in [2.75, 3.05) is 6.54 Å². The molecule has 12 heteroatoms. The first-order valence-corrected chi connectivity index (χ1v) is 16.1. The van der Waals surface area contributed by atoms with Gasteiger partial charge in [0.15, 0.2) is 5.03 Å². The van der Waals surface area contributed by atoms with E-state index in [0.29, 0.717) is 48.9 Å². The summed E-state index contributed by atoms with van der Waals surface area (Å²) < 4.78 is 13.3. The first-order valence-electron chi connectivity index (χ1n) is 16.1. The molecule has 1 amide bonds. The van der Waals surface area contributed by atoms with E-state index < -0.39 is 18.1 Å². The Morgan fingerprint density at radius 3 is 2.55 bits per heavy atom. The minimum absolute atomic E-state index is 0.0251. The van der Waals surface area contributed by atoms with E-state index in [1.807, 2.05) is 5.43 Å². The summed E-state index contributed by atoms with van der Waals surface area (Å²) in [5.74, 6) is 1.46. The minimum Gasteiger partial charge on any atom is -0.404 e. The van der Waals surface area contributed by atoms with Crippen LogP contribution in [0.15, 0.2) is 4.99 Å². The molecular formula is C30H50BN5O6. The molecule has 6 fully saturated rings. The second kappa shape index (κ2) is 12.1. The topological polar surface area (TPSA) is 158 Å². The summed E-state index contributed by atoms with van der Waals surface area (Å²) in [7, 11) is -0.527. The summed E-state index contributed by atoms with van der Waals surface area (Å²) in [5.41, 5.74) is 7.26. The van der Waals surface area contributed by atoms with E-state index in [-0.39, 0.29) is 59.6 Å². The third-order valence-corrected chi connectivity index (χ3v) is 11.5. The van der Waals surface area contributed by atoms with Gasteiger partial charge >= 0.3 is 7.12 Å². The van der Waals surface area contributed by atoms with Crippen LogP contribution >= 0.6 is 0 Å². The zero-order valence-electron chi connectivity index (χ0n) is 26.0. The molecular weight excluding hydrogens is 537 g/mol. The van der Waals surface area contributed by atoms with Crippen LogP contribution in [0.2, 0.25) is 0 Å².